The summed E-state index contributed by atoms with van der Waals surface area (Å²) >= 11 is 1.61. The summed E-state index contributed by atoms with van der Waals surface area (Å²) in [7, 11) is 0. The van der Waals surface area contributed by atoms with Gasteiger partial charge in [0.05, 0.1) is 24.1 Å². The Kier molecular flexibility index (Phi) is 3.99. The van der Waals surface area contributed by atoms with Crippen LogP contribution >= 0.6 is 11.3 Å². The van der Waals surface area contributed by atoms with E-state index in [0.29, 0.717) is 6.54 Å². The van der Waals surface area contributed by atoms with E-state index < -0.39 is 0 Å². The van der Waals surface area contributed by atoms with Crippen molar-refractivity contribution in [3.8, 4) is 0 Å². The van der Waals surface area contributed by atoms with Crippen LogP contribution in [0.15, 0.2) is 17.1 Å². The predicted octanol–water partition coefficient (Wildman–Crippen LogP) is 2.19. The smallest absolute Gasteiger partial charge is 0.269 e. The van der Waals surface area contributed by atoms with Crippen LogP contribution in [0, 0.1) is 13.8 Å². The second-order valence-electron chi connectivity index (χ2n) is 4.79. The molecule has 0 spiro atoms. The molecule has 19 heavy (non-hydrogen) atoms. The Morgan fingerprint density at radius 2 is 2.16 bits per heavy atom. The van der Waals surface area contributed by atoms with Crippen LogP contribution < -0.4 is 10.9 Å². The zero-order valence-corrected chi connectivity index (χ0v) is 12.4. The second kappa shape index (κ2) is 5.52. The first-order valence-corrected chi connectivity index (χ1v) is 7.04. The van der Waals surface area contributed by atoms with Gasteiger partial charge < -0.3 is 5.32 Å². The van der Waals surface area contributed by atoms with Crippen molar-refractivity contribution in [2.45, 2.75) is 40.3 Å². The van der Waals surface area contributed by atoms with E-state index in [2.05, 4.69) is 15.4 Å². The van der Waals surface area contributed by atoms with E-state index in [4.69, 9.17) is 0 Å². The molecule has 0 saturated carbocycles. The number of nitrogens with zero attached hydrogens (tertiary/aromatic N) is 3. The molecule has 0 aliphatic rings. The summed E-state index contributed by atoms with van der Waals surface area (Å²) in [6.45, 7) is 8.48. The van der Waals surface area contributed by atoms with Crippen molar-refractivity contribution in [1.29, 1.82) is 0 Å². The molecule has 2 heterocycles. The van der Waals surface area contributed by atoms with E-state index in [1.807, 2.05) is 27.7 Å². The highest BCUT2D eigenvalue weighted by Gasteiger charge is 2.07. The quantitative estimate of drug-likeness (QED) is 0.931. The molecule has 0 radical (unpaired) electrons. The molecule has 6 heteroatoms. The van der Waals surface area contributed by atoms with Gasteiger partial charge >= 0.3 is 0 Å². The first kappa shape index (κ1) is 13.7. The number of rotatable bonds is 4. The summed E-state index contributed by atoms with van der Waals surface area (Å²) in [6, 6.07) is 1.85. The lowest BCUT2D eigenvalue weighted by Crippen LogP contribution is -2.24. The van der Waals surface area contributed by atoms with Crippen molar-refractivity contribution in [3.05, 3.63) is 38.2 Å². The fourth-order valence-corrected chi connectivity index (χ4v) is 2.62. The van der Waals surface area contributed by atoms with Crippen molar-refractivity contribution in [1.82, 2.24) is 14.8 Å². The number of aryl methyl sites for hydroxylation is 2. The lowest BCUT2D eigenvalue weighted by atomic mass is 10.3. The van der Waals surface area contributed by atoms with Crippen LogP contribution in [-0.2, 0) is 6.54 Å². The summed E-state index contributed by atoms with van der Waals surface area (Å²) in [6.07, 6.45) is 1.68. The first-order chi connectivity index (χ1) is 8.95. The van der Waals surface area contributed by atoms with Gasteiger partial charge in [-0.05, 0) is 27.7 Å². The van der Waals surface area contributed by atoms with Gasteiger partial charge in [-0.25, -0.2) is 9.67 Å². The van der Waals surface area contributed by atoms with Crippen LogP contribution in [-0.4, -0.2) is 20.8 Å². The molecule has 0 fully saturated rings. The largest absolute Gasteiger partial charge is 0.381 e. The second-order valence-corrected chi connectivity index (χ2v) is 6.08. The molecule has 0 bridgehead atoms. The number of anilines is 1. The Balaban J connectivity index is 2.19. The molecular formula is C13H18N4OS. The molecule has 0 unspecified atom stereocenters. The molecule has 2 aromatic heterocycles. The average Bonchev–Trinajstić information content (AvgIpc) is 2.61. The number of hydrogen-bond donors (Lipinski definition) is 1. The minimum Gasteiger partial charge on any atom is -0.381 e. The third kappa shape index (κ3) is 3.41. The van der Waals surface area contributed by atoms with Crippen LogP contribution in [0.1, 0.15) is 29.4 Å². The fourth-order valence-electron chi connectivity index (χ4n) is 1.70. The van der Waals surface area contributed by atoms with E-state index >= 15 is 0 Å². The minimum absolute atomic E-state index is 0.115. The predicted molar refractivity (Wildman–Crippen MR) is 77.9 cm³/mol. The van der Waals surface area contributed by atoms with Gasteiger partial charge in [0.15, 0.2) is 0 Å². The Morgan fingerprint density at radius 3 is 2.68 bits per heavy atom. The molecule has 102 valence electrons. The van der Waals surface area contributed by atoms with E-state index in [-0.39, 0.29) is 11.6 Å². The molecule has 0 aromatic carbocycles. The number of thiazole rings is 1. The minimum atomic E-state index is -0.115. The van der Waals surface area contributed by atoms with Crippen molar-refractivity contribution in [2.24, 2.45) is 0 Å². The first-order valence-electron chi connectivity index (χ1n) is 6.22. The fraction of sp³-hybridized carbons (Fsp3) is 0.462. The van der Waals surface area contributed by atoms with Crippen LogP contribution in [0.3, 0.4) is 0 Å². The van der Waals surface area contributed by atoms with Crippen LogP contribution in [0.5, 0.6) is 0 Å². The number of nitrogens with one attached hydrogen (secondary N) is 1. The van der Waals surface area contributed by atoms with Gasteiger partial charge in [-0.15, -0.1) is 11.3 Å². The van der Waals surface area contributed by atoms with Gasteiger partial charge in [0.1, 0.15) is 5.01 Å². The van der Waals surface area contributed by atoms with Crippen molar-refractivity contribution < 1.29 is 0 Å². The van der Waals surface area contributed by atoms with Crippen LogP contribution in [0.25, 0.3) is 0 Å². The summed E-state index contributed by atoms with van der Waals surface area (Å²) < 4.78 is 1.43. The normalized spacial score (nSPS) is 11.0. The lowest BCUT2D eigenvalue weighted by Gasteiger charge is -2.09. The molecule has 0 amide bonds. The highest BCUT2D eigenvalue weighted by Crippen LogP contribution is 2.16. The van der Waals surface area contributed by atoms with E-state index in [0.717, 1.165) is 16.4 Å². The zero-order valence-electron chi connectivity index (χ0n) is 11.6. The van der Waals surface area contributed by atoms with Crippen molar-refractivity contribution >= 4 is 17.0 Å². The highest BCUT2D eigenvalue weighted by atomic mass is 32.1. The average molecular weight is 278 g/mol. The maximum absolute atomic E-state index is 12.0. The van der Waals surface area contributed by atoms with Gasteiger partial charge in [0.25, 0.3) is 5.56 Å². The van der Waals surface area contributed by atoms with Crippen molar-refractivity contribution in [3.63, 3.8) is 0 Å². The SMILES string of the molecule is Cc1nc(Cn2ncc(NC(C)C)cc2=O)sc1C. The molecule has 0 aliphatic heterocycles. The third-order valence-electron chi connectivity index (χ3n) is 2.68. The Labute approximate surface area is 116 Å². The molecule has 2 rings (SSSR count). The topological polar surface area (TPSA) is 59.8 Å². The van der Waals surface area contributed by atoms with Crippen molar-refractivity contribution in [2.75, 3.05) is 5.32 Å². The van der Waals surface area contributed by atoms with Crippen LogP contribution in [0.2, 0.25) is 0 Å². The van der Waals surface area contributed by atoms with Gasteiger partial charge in [-0.3, -0.25) is 4.79 Å². The lowest BCUT2D eigenvalue weighted by molar-refractivity contribution is 0.635. The molecule has 5 nitrogen and oxygen atoms in total. The Bertz CT molecular complexity index is 610. The molecule has 0 aliphatic carbocycles. The summed E-state index contributed by atoms with van der Waals surface area (Å²) in [5, 5.41) is 8.25. The molecule has 2 aromatic rings. The highest BCUT2D eigenvalue weighted by molar-refractivity contribution is 7.11. The van der Waals surface area contributed by atoms with Gasteiger partial charge in [0, 0.05) is 17.0 Å². The van der Waals surface area contributed by atoms with Gasteiger partial charge in [-0.2, -0.15) is 5.10 Å². The van der Waals surface area contributed by atoms with E-state index in [9.17, 15) is 4.79 Å². The maximum Gasteiger partial charge on any atom is 0.269 e. The maximum atomic E-state index is 12.0. The van der Waals surface area contributed by atoms with Gasteiger partial charge in [0.2, 0.25) is 0 Å². The van der Waals surface area contributed by atoms with E-state index in [1.165, 1.54) is 9.56 Å². The van der Waals surface area contributed by atoms with Gasteiger partial charge in [-0.1, -0.05) is 0 Å². The summed E-state index contributed by atoms with van der Waals surface area (Å²) in [4.78, 5) is 17.6. The summed E-state index contributed by atoms with van der Waals surface area (Å²) in [5.41, 5.74) is 1.66. The number of aromatic nitrogens is 3. The molecular weight excluding hydrogens is 260 g/mol. The van der Waals surface area contributed by atoms with Crippen LogP contribution in [0.4, 0.5) is 5.69 Å². The molecule has 0 saturated heterocycles. The Morgan fingerprint density at radius 1 is 1.42 bits per heavy atom. The molecule has 0 atom stereocenters. The number of hydrogen-bond acceptors (Lipinski definition) is 5. The van der Waals surface area contributed by atoms with E-state index in [1.54, 1.807) is 23.6 Å². The zero-order chi connectivity index (χ0) is 14.0. The molecule has 1 N–H and O–H groups in total. The summed E-state index contributed by atoms with van der Waals surface area (Å²) in [5.74, 6) is 0. The Hall–Kier alpha value is -1.69. The monoisotopic (exact) mass is 278 g/mol. The third-order valence-corrected chi connectivity index (χ3v) is 3.74. The standard InChI is InChI=1S/C13H18N4OS/c1-8(2)15-11-5-13(18)17(14-6-11)7-12-16-9(3)10(4)19-12/h5-6,8,15H,7H2,1-4H3.